The number of anilines is 2. The van der Waals surface area contributed by atoms with Gasteiger partial charge in [0.25, 0.3) is 0 Å². The van der Waals surface area contributed by atoms with E-state index in [1.165, 1.54) is 30.8 Å². The zero-order chi connectivity index (χ0) is 23.3. The number of hydrogen-bond acceptors (Lipinski definition) is 7. The number of benzene rings is 1. The molecule has 2 N–H and O–H groups in total. The van der Waals surface area contributed by atoms with E-state index >= 15 is 0 Å². The first kappa shape index (κ1) is 22.7. The highest BCUT2D eigenvalue weighted by molar-refractivity contribution is 7.19. The number of nitrogens with zero attached hydrogens (tertiary/aromatic N) is 4. The third-order valence-electron chi connectivity index (χ3n) is 3.83. The number of rotatable bonds is 3. The molecule has 0 saturated carbocycles. The molecular weight excluding hydrogens is 430 g/mol. The standard InChI is InChI=1S/C22H21N5O4S/c1-22(2,3)31-20(28)25-14-9-10-16-17(11-14)32-19(26-16)8-6-5-7-15-12-24-18(13-23-15)27(4)21(29)30/h6,8-13H,1-4H3,(H,25,28)(H,29,30)/b8-6+. The first-order valence-electron chi connectivity index (χ1n) is 9.48. The summed E-state index contributed by atoms with van der Waals surface area (Å²) in [5, 5.41) is 12.4. The number of ether oxygens (including phenoxy) is 1. The third kappa shape index (κ3) is 6.26. The number of amides is 2. The largest absolute Gasteiger partial charge is 0.465 e. The number of carboxylic acid groups (broad SMARTS) is 1. The van der Waals surface area contributed by atoms with Gasteiger partial charge in [0.1, 0.15) is 16.3 Å². The van der Waals surface area contributed by atoms with Gasteiger partial charge in [-0.25, -0.2) is 24.5 Å². The van der Waals surface area contributed by atoms with E-state index in [-0.39, 0.29) is 5.82 Å². The van der Waals surface area contributed by atoms with Gasteiger partial charge in [-0.1, -0.05) is 5.92 Å². The zero-order valence-electron chi connectivity index (χ0n) is 17.9. The molecule has 0 radical (unpaired) electrons. The van der Waals surface area contributed by atoms with Crippen molar-refractivity contribution >= 4 is 51.3 Å². The Morgan fingerprint density at radius 3 is 2.69 bits per heavy atom. The Labute approximate surface area is 188 Å². The lowest BCUT2D eigenvalue weighted by molar-refractivity contribution is 0.0636. The van der Waals surface area contributed by atoms with Crippen LogP contribution in [-0.4, -0.2) is 44.9 Å². The normalized spacial score (nSPS) is 11.1. The summed E-state index contributed by atoms with van der Waals surface area (Å²) in [6.45, 7) is 5.42. The molecule has 32 heavy (non-hydrogen) atoms. The molecule has 0 saturated heterocycles. The highest BCUT2D eigenvalue weighted by Gasteiger charge is 2.16. The smallest absolute Gasteiger partial charge is 0.412 e. The number of fused-ring (bicyclic) bond motifs is 1. The maximum absolute atomic E-state index is 11.9. The molecule has 164 valence electrons. The fraction of sp³-hybridized carbons (Fsp3) is 0.227. The van der Waals surface area contributed by atoms with Crippen LogP contribution in [0.3, 0.4) is 0 Å². The summed E-state index contributed by atoms with van der Waals surface area (Å²) in [5.41, 5.74) is 1.28. The van der Waals surface area contributed by atoms with Crippen LogP contribution in [0.2, 0.25) is 0 Å². The number of aromatic nitrogens is 3. The minimum absolute atomic E-state index is 0.216. The molecule has 0 fully saturated rings. The van der Waals surface area contributed by atoms with Gasteiger partial charge >= 0.3 is 12.2 Å². The van der Waals surface area contributed by atoms with Gasteiger partial charge in [-0.15, -0.1) is 11.3 Å². The van der Waals surface area contributed by atoms with E-state index in [1.807, 2.05) is 12.1 Å². The van der Waals surface area contributed by atoms with Crippen LogP contribution in [-0.2, 0) is 4.74 Å². The van der Waals surface area contributed by atoms with Gasteiger partial charge in [-0.2, -0.15) is 0 Å². The topological polar surface area (TPSA) is 118 Å². The summed E-state index contributed by atoms with van der Waals surface area (Å²) >= 11 is 1.46. The maximum atomic E-state index is 11.9. The molecule has 0 atom stereocenters. The average Bonchev–Trinajstić information content (AvgIpc) is 3.11. The van der Waals surface area contributed by atoms with E-state index in [4.69, 9.17) is 9.84 Å². The van der Waals surface area contributed by atoms with Gasteiger partial charge in [0.05, 0.1) is 22.6 Å². The van der Waals surface area contributed by atoms with Gasteiger partial charge in [-0.3, -0.25) is 10.2 Å². The van der Waals surface area contributed by atoms with E-state index in [0.29, 0.717) is 11.4 Å². The van der Waals surface area contributed by atoms with Crippen LogP contribution in [0.4, 0.5) is 21.1 Å². The Balaban J connectivity index is 1.65. The number of nitrogens with one attached hydrogen (secondary N) is 1. The minimum atomic E-state index is -1.12. The van der Waals surface area contributed by atoms with Crippen molar-refractivity contribution < 1.29 is 19.4 Å². The highest BCUT2D eigenvalue weighted by atomic mass is 32.1. The van der Waals surface area contributed by atoms with Gasteiger partial charge in [0, 0.05) is 12.7 Å². The van der Waals surface area contributed by atoms with Crippen molar-refractivity contribution in [1.82, 2.24) is 15.0 Å². The molecule has 3 rings (SSSR count). The van der Waals surface area contributed by atoms with E-state index in [9.17, 15) is 9.59 Å². The Kier molecular flexibility index (Phi) is 6.70. The molecule has 1 aromatic carbocycles. The van der Waals surface area contributed by atoms with Gasteiger partial charge in [0.2, 0.25) is 0 Å². The number of hydrogen-bond donors (Lipinski definition) is 2. The van der Waals surface area contributed by atoms with Crippen LogP contribution in [0, 0.1) is 11.8 Å². The monoisotopic (exact) mass is 451 g/mol. The fourth-order valence-corrected chi connectivity index (χ4v) is 3.31. The van der Waals surface area contributed by atoms with E-state index in [1.54, 1.807) is 39.0 Å². The second-order valence-corrected chi connectivity index (χ2v) is 8.63. The molecule has 2 heterocycles. The Morgan fingerprint density at radius 2 is 2.03 bits per heavy atom. The quantitative estimate of drug-likeness (QED) is 0.558. The summed E-state index contributed by atoms with van der Waals surface area (Å²) in [7, 11) is 1.38. The van der Waals surface area contributed by atoms with Crippen LogP contribution >= 0.6 is 11.3 Å². The zero-order valence-corrected chi connectivity index (χ0v) is 18.7. The molecule has 9 nitrogen and oxygen atoms in total. The molecule has 3 aromatic rings. The van der Waals surface area contributed by atoms with Crippen LogP contribution in [0.15, 0.2) is 36.7 Å². The second-order valence-electron chi connectivity index (χ2n) is 7.57. The van der Waals surface area contributed by atoms with Crippen molar-refractivity contribution in [2.45, 2.75) is 26.4 Å². The Morgan fingerprint density at radius 1 is 1.25 bits per heavy atom. The van der Waals surface area contributed by atoms with Crippen LogP contribution in [0.25, 0.3) is 16.3 Å². The van der Waals surface area contributed by atoms with Crippen molar-refractivity contribution in [1.29, 1.82) is 0 Å². The molecule has 10 heteroatoms. The summed E-state index contributed by atoms with van der Waals surface area (Å²) < 4.78 is 6.18. The average molecular weight is 452 g/mol. The first-order valence-corrected chi connectivity index (χ1v) is 10.3. The molecule has 0 bridgehead atoms. The molecule has 2 aromatic heterocycles. The predicted octanol–water partition coefficient (Wildman–Crippen LogP) is 4.61. The van der Waals surface area contributed by atoms with Crippen molar-refractivity contribution in [2.75, 3.05) is 17.3 Å². The van der Waals surface area contributed by atoms with Crippen molar-refractivity contribution in [2.24, 2.45) is 0 Å². The summed E-state index contributed by atoms with van der Waals surface area (Å²) in [4.78, 5) is 36.4. The van der Waals surface area contributed by atoms with Crippen LogP contribution in [0.1, 0.15) is 31.5 Å². The predicted molar refractivity (Wildman–Crippen MR) is 124 cm³/mol. The van der Waals surface area contributed by atoms with E-state index in [0.717, 1.165) is 20.1 Å². The van der Waals surface area contributed by atoms with Crippen LogP contribution in [0.5, 0.6) is 0 Å². The maximum Gasteiger partial charge on any atom is 0.412 e. The lowest BCUT2D eigenvalue weighted by atomic mass is 10.2. The van der Waals surface area contributed by atoms with E-state index < -0.39 is 17.8 Å². The molecule has 0 unspecified atom stereocenters. The summed E-state index contributed by atoms with van der Waals surface area (Å²) in [6, 6.07) is 5.43. The minimum Gasteiger partial charge on any atom is -0.465 e. The SMILES string of the molecule is CN(C(=O)O)c1cnc(C#C/C=C/c2nc3ccc(NC(=O)OC(C)(C)C)cc3s2)cn1. The first-order chi connectivity index (χ1) is 15.1. The summed E-state index contributed by atoms with van der Waals surface area (Å²) in [5.74, 6) is 5.90. The third-order valence-corrected chi connectivity index (χ3v) is 4.81. The fourth-order valence-electron chi connectivity index (χ4n) is 2.40. The number of thiazole rings is 1. The number of carbonyl (C=O) groups excluding carboxylic acids is 1. The molecule has 0 aliphatic rings. The summed E-state index contributed by atoms with van der Waals surface area (Å²) in [6.07, 6.45) is 4.55. The van der Waals surface area contributed by atoms with Crippen molar-refractivity contribution in [3.63, 3.8) is 0 Å². The Hall–Kier alpha value is -3.97. The van der Waals surface area contributed by atoms with Gasteiger partial charge in [-0.05, 0) is 57.0 Å². The van der Waals surface area contributed by atoms with E-state index in [2.05, 4.69) is 32.1 Å². The van der Waals surface area contributed by atoms with Crippen LogP contribution < -0.4 is 10.2 Å². The Bertz CT molecular complexity index is 1230. The number of carbonyl (C=O) groups is 2. The molecule has 2 amide bonds. The molecule has 0 aliphatic carbocycles. The van der Waals surface area contributed by atoms with Gasteiger partial charge in [0.15, 0.2) is 5.82 Å². The number of allylic oxidation sites excluding steroid dienone is 1. The lowest BCUT2D eigenvalue weighted by Gasteiger charge is -2.19. The second kappa shape index (κ2) is 9.45. The van der Waals surface area contributed by atoms with Crippen molar-refractivity contribution in [3.8, 4) is 11.8 Å². The lowest BCUT2D eigenvalue weighted by Crippen LogP contribution is -2.27. The molecular formula is C22H21N5O4S. The molecule has 0 spiro atoms. The van der Waals surface area contributed by atoms with Gasteiger partial charge < -0.3 is 9.84 Å². The molecule has 0 aliphatic heterocycles. The van der Waals surface area contributed by atoms with Crippen molar-refractivity contribution in [3.05, 3.63) is 47.4 Å². The highest BCUT2D eigenvalue weighted by Crippen LogP contribution is 2.26.